The van der Waals surface area contributed by atoms with Gasteiger partial charge in [0.2, 0.25) is 5.90 Å². The predicted octanol–water partition coefficient (Wildman–Crippen LogP) is 5.64. The van der Waals surface area contributed by atoms with E-state index in [1.165, 1.54) is 18.2 Å². The van der Waals surface area contributed by atoms with E-state index in [1.54, 1.807) is 17.0 Å². The summed E-state index contributed by atoms with van der Waals surface area (Å²) in [5.41, 5.74) is 4.31. The number of nitrogens with zero attached hydrogens (tertiary/aromatic N) is 2. The number of rotatable bonds is 6. The lowest BCUT2D eigenvalue weighted by Gasteiger charge is -2.24. The van der Waals surface area contributed by atoms with Crippen LogP contribution in [-0.2, 0) is 25.4 Å². The average molecular weight is 545 g/mol. The number of hydrogen-bond donors (Lipinski definition) is 0. The molecule has 200 valence electrons. The van der Waals surface area contributed by atoms with E-state index in [1.807, 2.05) is 36.4 Å². The zero-order chi connectivity index (χ0) is 27.0. The van der Waals surface area contributed by atoms with E-state index in [4.69, 9.17) is 30.8 Å². The number of benzene rings is 3. The molecule has 2 unspecified atom stereocenters. The molecule has 39 heavy (non-hydrogen) atoms. The van der Waals surface area contributed by atoms with Gasteiger partial charge in [-0.25, -0.2) is 14.6 Å². The summed E-state index contributed by atoms with van der Waals surface area (Å²) in [6.45, 7) is 0.810. The smallest absolute Gasteiger partial charge is 0.410 e. The van der Waals surface area contributed by atoms with Gasteiger partial charge < -0.3 is 14.2 Å². The third kappa shape index (κ3) is 4.65. The molecule has 0 bridgehead atoms. The maximum atomic E-state index is 13.4. The van der Waals surface area contributed by atoms with Crippen LogP contribution in [0.5, 0.6) is 0 Å². The summed E-state index contributed by atoms with van der Waals surface area (Å²) in [5.74, 6) is -0.135. The third-order valence-electron chi connectivity index (χ3n) is 7.84. The molecule has 2 atom stereocenters. The fraction of sp³-hybridized carbons (Fsp3) is 0.323. The van der Waals surface area contributed by atoms with Crippen molar-refractivity contribution in [2.45, 2.75) is 36.8 Å². The highest BCUT2D eigenvalue weighted by Crippen LogP contribution is 2.44. The van der Waals surface area contributed by atoms with Crippen molar-refractivity contribution < 1.29 is 23.8 Å². The quantitative estimate of drug-likeness (QED) is 0.375. The van der Waals surface area contributed by atoms with Gasteiger partial charge in [0, 0.05) is 23.9 Å². The number of halogens is 1. The number of amides is 1. The van der Waals surface area contributed by atoms with Crippen molar-refractivity contribution in [3.05, 3.63) is 94.5 Å². The van der Waals surface area contributed by atoms with E-state index in [0.717, 1.165) is 23.1 Å². The summed E-state index contributed by atoms with van der Waals surface area (Å²) in [5, 5.41) is 0.577. The van der Waals surface area contributed by atoms with Crippen molar-refractivity contribution in [1.82, 2.24) is 4.90 Å². The highest BCUT2D eigenvalue weighted by molar-refractivity contribution is 6.30. The Hall–Kier alpha value is -3.84. The van der Waals surface area contributed by atoms with E-state index in [2.05, 4.69) is 24.3 Å². The van der Waals surface area contributed by atoms with Crippen molar-refractivity contribution in [2.75, 3.05) is 26.9 Å². The van der Waals surface area contributed by atoms with Gasteiger partial charge in [-0.05, 0) is 52.8 Å². The second-order valence-electron chi connectivity index (χ2n) is 10.2. The van der Waals surface area contributed by atoms with Crippen LogP contribution in [0.1, 0.15) is 35.4 Å². The number of fused-ring (bicyclic) bond motifs is 3. The van der Waals surface area contributed by atoms with Crippen LogP contribution in [0, 0.1) is 0 Å². The molecule has 0 aromatic heterocycles. The summed E-state index contributed by atoms with van der Waals surface area (Å²) in [4.78, 5) is 32.7. The van der Waals surface area contributed by atoms with Crippen LogP contribution in [0.3, 0.4) is 0 Å². The Balaban J connectivity index is 1.19. The molecule has 0 saturated carbocycles. The molecule has 1 fully saturated rings. The van der Waals surface area contributed by atoms with Crippen molar-refractivity contribution in [1.29, 1.82) is 0 Å². The molecule has 1 saturated heterocycles. The molecule has 2 aliphatic heterocycles. The second-order valence-corrected chi connectivity index (χ2v) is 10.7. The van der Waals surface area contributed by atoms with Gasteiger partial charge in [-0.2, -0.15) is 0 Å². The van der Waals surface area contributed by atoms with Crippen molar-refractivity contribution in [3.8, 4) is 11.1 Å². The molecular formula is C31H29ClN2O5. The zero-order valence-electron chi connectivity index (χ0n) is 21.6. The van der Waals surface area contributed by atoms with Gasteiger partial charge in [-0.1, -0.05) is 72.3 Å². The Kier molecular flexibility index (Phi) is 6.77. The molecule has 6 rings (SSSR count). The van der Waals surface area contributed by atoms with Crippen LogP contribution in [0.25, 0.3) is 11.1 Å². The summed E-state index contributed by atoms with van der Waals surface area (Å²) < 4.78 is 17.0. The molecule has 2 heterocycles. The lowest BCUT2D eigenvalue weighted by atomic mass is 9.92. The number of carbonyl (C=O) groups excluding carboxylic acids is 2. The molecule has 1 amide bonds. The van der Waals surface area contributed by atoms with Gasteiger partial charge in [-0.15, -0.1) is 0 Å². The number of ether oxygens (including phenoxy) is 3. The van der Waals surface area contributed by atoms with Crippen molar-refractivity contribution in [3.63, 3.8) is 0 Å². The number of hydrogen-bond acceptors (Lipinski definition) is 6. The highest BCUT2D eigenvalue weighted by atomic mass is 35.5. The predicted molar refractivity (Wildman–Crippen MR) is 148 cm³/mol. The van der Waals surface area contributed by atoms with E-state index in [0.29, 0.717) is 23.9 Å². The third-order valence-corrected chi connectivity index (χ3v) is 8.08. The molecule has 3 aromatic carbocycles. The van der Waals surface area contributed by atoms with Gasteiger partial charge in [-0.3, -0.25) is 4.90 Å². The molecule has 0 spiro atoms. The number of likely N-dealkylation sites (tertiary alicyclic amines) is 1. The van der Waals surface area contributed by atoms with Crippen LogP contribution in [0.15, 0.2) is 77.8 Å². The second kappa shape index (κ2) is 10.4. The first-order valence-corrected chi connectivity index (χ1v) is 13.5. The number of esters is 1. The minimum absolute atomic E-state index is 0.0212. The summed E-state index contributed by atoms with van der Waals surface area (Å²) in [6, 6.07) is 23.4. The maximum Gasteiger partial charge on any atom is 0.410 e. The average Bonchev–Trinajstić information content (AvgIpc) is 3.68. The van der Waals surface area contributed by atoms with E-state index in [9.17, 15) is 9.59 Å². The minimum Gasteiger partial charge on any atom is -0.476 e. The summed E-state index contributed by atoms with van der Waals surface area (Å²) in [7, 11) is 1.34. The molecular weight excluding hydrogens is 516 g/mol. The van der Waals surface area contributed by atoms with Crippen molar-refractivity contribution >= 4 is 29.6 Å². The fourth-order valence-electron chi connectivity index (χ4n) is 6.00. The molecule has 7 nitrogen and oxygen atoms in total. The largest absolute Gasteiger partial charge is 0.476 e. The Bertz CT molecular complexity index is 1410. The lowest BCUT2D eigenvalue weighted by molar-refractivity contribution is -0.147. The minimum atomic E-state index is -1.23. The van der Waals surface area contributed by atoms with Gasteiger partial charge in [0.05, 0.1) is 7.11 Å². The Morgan fingerprint density at radius 3 is 2.46 bits per heavy atom. The number of carbonyl (C=O) groups is 2. The van der Waals surface area contributed by atoms with Gasteiger partial charge in [0.25, 0.3) is 0 Å². The number of methoxy groups -OCH3 is 1. The standard InChI is InChI=1S/C31H29ClN2O5/c1-37-29(35)31(17-20-8-6-9-21(32)16-20)19-39-28(33-31)27-14-7-15-34(27)30(36)38-18-26-24-12-4-2-10-22(24)23-11-3-5-13-25(23)26/h2-6,8-13,16,26-27H,7,14-15,17-19H2,1H3. The normalized spacial score (nSPS) is 21.6. The lowest BCUT2D eigenvalue weighted by Crippen LogP contribution is -2.42. The molecule has 1 aliphatic carbocycles. The topological polar surface area (TPSA) is 77.4 Å². The van der Waals surface area contributed by atoms with E-state index >= 15 is 0 Å². The maximum absolute atomic E-state index is 13.4. The van der Waals surface area contributed by atoms with Gasteiger partial charge in [0.15, 0.2) is 5.54 Å². The fourth-order valence-corrected chi connectivity index (χ4v) is 6.21. The Morgan fingerprint density at radius 1 is 1.05 bits per heavy atom. The first-order valence-electron chi connectivity index (χ1n) is 13.2. The van der Waals surface area contributed by atoms with Crippen LogP contribution in [0.4, 0.5) is 4.79 Å². The monoisotopic (exact) mass is 544 g/mol. The summed E-state index contributed by atoms with van der Waals surface area (Å²) >= 11 is 6.17. The van der Waals surface area contributed by atoms with Crippen LogP contribution >= 0.6 is 11.6 Å². The summed E-state index contributed by atoms with van der Waals surface area (Å²) in [6.07, 6.45) is 1.34. The van der Waals surface area contributed by atoms with Crippen molar-refractivity contribution in [2.24, 2.45) is 4.99 Å². The first kappa shape index (κ1) is 25.4. The molecule has 8 heteroatoms. The Morgan fingerprint density at radius 2 is 1.77 bits per heavy atom. The molecule has 3 aliphatic rings. The number of aliphatic imine (C=N–C) groups is 1. The highest BCUT2D eigenvalue weighted by Gasteiger charge is 2.49. The van der Waals surface area contributed by atoms with Crippen LogP contribution in [-0.4, -0.2) is 61.3 Å². The Labute approximate surface area is 232 Å². The van der Waals surface area contributed by atoms with Gasteiger partial charge >= 0.3 is 12.1 Å². The van der Waals surface area contributed by atoms with E-state index in [-0.39, 0.29) is 25.6 Å². The SMILES string of the molecule is COC(=O)C1(Cc2cccc(Cl)c2)COC(C2CCCN2C(=O)OCC2c3ccccc3-c3ccccc32)=N1. The zero-order valence-corrected chi connectivity index (χ0v) is 22.4. The van der Waals surface area contributed by atoms with Gasteiger partial charge in [0.1, 0.15) is 19.3 Å². The molecule has 0 N–H and O–H groups in total. The van der Waals surface area contributed by atoms with Crippen LogP contribution < -0.4 is 0 Å². The first-order chi connectivity index (χ1) is 19.0. The van der Waals surface area contributed by atoms with Crippen LogP contribution in [0.2, 0.25) is 5.02 Å². The molecule has 0 radical (unpaired) electrons. The molecule has 3 aromatic rings. The van der Waals surface area contributed by atoms with E-state index < -0.39 is 23.6 Å².